The van der Waals surface area contributed by atoms with Gasteiger partial charge in [0.25, 0.3) is 0 Å². The Bertz CT molecular complexity index is 1120. The van der Waals surface area contributed by atoms with Crippen LogP contribution in [0.25, 0.3) is 0 Å². The van der Waals surface area contributed by atoms with E-state index in [1.54, 1.807) is 0 Å². The van der Waals surface area contributed by atoms with E-state index in [9.17, 15) is 9.59 Å². The van der Waals surface area contributed by atoms with Gasteiger partial charge in [-0.1, -0.05) is 67.9 Å². The van der Waals surface area contributed by atoms with Gasteiger partial charge in [0.2, 0.25) is 11.8 Å². The lowest BCUT2D eigenvalue weighted by molar-refractivity contribution is -0.140. The fourth-order valence-corrected chi connectivity index (χ4v) is 6.19. The summed E-state index contributed by atoms with van der Waals surface area (Å²) in [4.78, 5) is 31.4. The number of nitrogens with zero attached hydrogens (tertiary/aromatic N) is 4. The predicted molar refractivity (Wildman–Crippen MR) is 170 cm³/mol. The van der Waals surface area contributed by atoms with Gasteiger partial charge in [0.15, 0.2) is 0 Å². The Kier molecular flexibility index (Phi) is 12.2. The number of piperidine rings is 1. The quantitative estimate of drug-likeness (QED) is 0.391. The van der Waals surface area contributed by atoms with Crippen LogP contribution in [0.15, 0.2) is 54.6 Å². The molecule has 0 radical (unpaired) electrons. The van der Waals surface area contributed by atoms with Gasteiger partial charge in [0, 0.05) is 75.8 Å². The first-order valence-corrected chi connectivity index (χ1v) is 15.9. The Morgan fingerprint density at radius 2 is 1.55 bits per heavy atom. The van der Waals surface area contributed by atoms with Crippen LogP contribution in [0.3, 0.4) is 0 Å². The molecule has 9 heteroatoms. The highest BCUT2D eigenvalue weighted by Gasteiger charge is 2.34. The summed E-state index contributed by atoms with van der Waals surface area (Å²) in [6.07, 6.45) is 3.04. The number of hydrogen-bond donors (Lipinski definition) is 2. The van der Waals surface area contributed by atoms with E-state index in [2.05, 4.69) is 41.1 Å². The first kappa shape index (κ1) is 32.4. The lowest BCUT2D eigenvalue weighted by Gasteiger charge is -2.47. The van der Waals surface area contributed by atoms with Crippen LogP contribution in [0, 0.1) is 5.92 Å². The first-order valence-electron chi connectivity index (χ1n) is 15.5. The number of amides is 2. The van der Waals surface area contributed by atoms with Crippen molar-refractivity contribution in [2.24, 2.45) is 11.7 Å². The minimum Gasteiger partial charge on any atom is -0.344 e. The second kappa shape index (κ2) is 15.8. The number of rotatable bonds is 12. The van der Waals surface area contributed by atoms with Gasteiger partial charge >= 0.3 is 0 Å². The van der Waals surface area contributed by atoms with Crippen molar-refractivity contribution in [1.82, 2.24) is 25.1 Å². The van der Waals surface area contributed by atoms with Crippen LogP contribution < -0.4 is 11.1 Å². The molecular weight excluding hydrogens is 548 g/mol. The zero-order valence-electron chi connectivity index (χ0n) is 25.6. The van der Waals surface area contributed by atoms with Crippen molar-refractivity contribution in [1.29, 1.82) is 0 Å². The standard InChI is InChI=1S/C33H49ClN6O2/c1-25(2)24-40(39-19-17-37(3)18-20-39)30-13-15-38(16-14-30)33(42)31(22-27-9-11-28(34)12-10-27)36-32(41)23-29(35)21-26-7-5-4-6-8-26/h4-12,25,29-31H,13-24,35H2,1-3H3,(H,36,41)/t29?,31-/m1/s1. The Morgan fingerprint density at radius 3 is 2.17 bits per heavy atom. The van der Waals surface area contributed by atoms with Gasteiger partial charge < -0.3 is 20.9 Å². The summed E-state index contributed by atoms with van der Waals surface area (Å²) in [6.45, 7) is 11.2. The van der Waals surface area contributed by atoms with Crippen LogP contribution in [0.1, 0.15) is 44.2 Å². The summed E-state index contributed by atoms with van der Waals surface area (Å²) in [5.41, 5.74) is 8.39. The van der Waals surface area contributed by atoms with Gasteiger partial charge in [0.05, 0.1) is 0 Å². The molecule has 8 nitrogen and oxygen atoms in total. The van der Waals surface area contributed by atoms with E-state index in [0.29, 0.717) is 42.9 Å². The van der Waals surface area contributed by atoms with Gasteiger partial charge in [-0.15, -0.1) is 0 Å². The van der Waals surface area contributed by atoms with Crippen molar-refractivity contribution in [2.75, 3.05) is 52.9 Å². The monoisotopic (exact) mass is 596 g/mol. The Hall–Kier alpha value is -2.49. The number of nitrogens with one attached hydrogen (secondary N) is 1. The SMILES string of the molecule is CC(C)CN(C1CCN(C(=O)[C@@H](Cc2ccc(Cl)cc2)NC(=O)CC(N)Cc2ccccc2)CC1)N1CCN(C)CC1. The van der Waals surface area contributed by atoms with E-state index >= 15 is 0 Å². The zero-order chi connectivity index (χ0) is 30.1. The Labute approximate surface area is 257 Å². The van der Waals surface area contributed by atoms with Gasteiger partial charge in [-0.2, -0.15) is 0 Å². The minimum atomic E-state index is -0.649. The molecule has 2 aliphatic heterocycles. The van der Waals surface area contributed by atoms with Crippen LogP contribution in [-0.2, 0) is 22.4 Å². The fourth-order valence-electron chi connectivity index (χ4n) is 6.06. The molecule has 230 valence electrons. The summed E-state index contributed by atoms with van der Waals surface area (Å²) in [7, 11) is 2.18. The highest BCUT2D eigenvalue weighted by atomic mass is 35.5. The minimum absolute atomic E-state index is 0.0246. The molecule has 2 aromatic carbocycles. The summed E-state index contributed by atoms with van der Waals surface area (Å²) in [6, 6.07) is 16.9. The average Bonchev–Trinajstić information content (AvgIpc) is 2.97. The lowest BCUT2D eigenvalue weighted by Crippen LogP contribution is -2.60. The molecule has 2 fully saturated rings. The maximum absolute atomic E-state index is 13.9. The molecule has 2 aliphatic rings. The summed E-state index contributed by atoms with van der Waals surface area (Å²) >= 11 is 6.11. The summed E-state index contributed by atoms with van der Waals surface area (Å²) < 4.78 is 0. The van der Waals surface area contributed by atoms with E-state index < -0.39 is 6.04 Å². The van der Waals surface area contributed by atoms with Crippen LogP contribution in [0.4, 0.5) is 0 Å². The summed E-state index contributed by atoms with van der Waals surface area (Å²) in [5.74, 6) is 0.346. The van der Waals surface area contributed by atoms with Crippen molar-refractivity contribution >= 4 is 23.4 Å². The van der Waals surface area contributed by atoms with Crippen molar-refractivity contribution in [3.63, 3.8) is 0 Å². The maximum atomic E-state index is 13.9. The second-order valence-electron chi connectivity index (χ2n) is 12.4. The number of piperazine rings is 1. The molecule has 1 unspecified atom stereocenters. The molecular formula is C33H49ClN6O2. The molecule has 2 saturated heterocycles. The highest BCUT2D eigenvalue weighted by Crippen LogP contribution is 2.22. The number of hydrazine groups is 1. The fraction of sp³-hybridized carbons (Fsp3) is 0.576. The van der Waals surface area contributed by atoms with Crippen LogP contribution in [-0.4, -0.2) is 103 Å². The Balaban J connectivity index is 1.38. The molecule has 2 aromatic rings. The average molecular weight is 597 g/mol. The first-order chi connectivity index (χ1) is 20.2. The zero-order valence-corrected chi connectivity index (χ0v) is 26.3. The smallest absolute Gasteiger partial charge is 0.245 e. The van der Waals surface area contributed by atoms with E-state index in [1.807, 2.05) is 59.5 Å². The number of hydrogen-bond acceptors (Lipinski definition) is 6. The number of carbonyl (C=O) groups excluding carboxylic acids is 2. The molecule has 0 aromatic heterocycles. The number of likely N-dealkylation sites (tertiary alicyclic amines) is 1. The molecule has 2 atom stereocenters. The predicted octanol–water partition coefficient (Wildman–Crippen LogP) is 3.44. The molecule has 0 spiro atoms. The van der Waals surface area contributed by atoms with Crippen LogP contribution >= 0.6 is 11.6 Å². The number of likely N-dealkylation sites (N-methyl/N-ethyl adjacent to an activating group) is 1. The van der Waals surface area contributed by atoms with Crippen LogP contribution in [0.5, 0.6) is 0 Å². The van der Waals surface area contributed by atoms with Crippen molar-refractivity contribution in [3.8, 4) is 0 Å². The van der Waals surface area contributed by atoms with Crippen molar-refractivity contribution < 1.29 is 9.59 Å². The molecule has 0 aliphatic carbocycles. The van der Waals surface area contributed by atoms with Gasteiger partial charge in [-0.25, -0.2) is 10.0 Å². The third kappa shape index (κ3) is 9.78. The molecule has 3 N–H and O–H groups in total. The normalized spacial score (nSPS) is 18.8. The Morgan fingerprint density at radius 1 is 0.929 bits per heavy atom. The number of nitrogens with two attached hydrogens (primary N) is 1. The number of carbonyl (C=O) groups is 2. The number of halogens is 1. The lowest BCUT2D eigenvalue weighted by atomic mass is 9.99. The van der Waals surface area contributed by atoms with E-state index in [4.69, 9.17) is 17.3 Å². The van der Waals surface area contributed by atoms with Crippen molar-refractivity contribution in [3.05, 3.63) is 70.7 Å². The van der Waals surface area contributed by atoms with E-state index in [1.165, 1.54) is 0 Å². The molecule has 4 rings (SSSR count). The summed E-state index contributed by atoms with van der Waals surface area (Å²) in [5, 5.41) is 8.80. The third-order valence-corrected chi connectivity index (χ3v) is 8.62. The van der Waals surface area contributed by atoms with Gasteiger partial charge in [0.1, 0.15) is 6.04 Å². The van der Waals surface area contributed by atoms with Crippen molar-refractivity contribution in [2.45, 2.75) is 64.1 Å². The molecule has 0 bridgehead atoms. The molecule has 2 heterocycles. The van der Waals surface area contributed by atoms with Gasteiger partial charge in [-0.3, -0.25) is 9.59 Å². The van der Waals surface area contributed by atoms with E-state index in [-0.39, 0.29) is 24.3 Å². The maximum Gasteiger partial charge on any atom is 0.245 e. The molecule has 2 amide bonds. The van der Waals surface area contributed by atoms with E-state index in [0.717, 1.165) is 56.7 Å². The topological polar surface area (TPSA) is 85.1 Å². The third-order valence-electron chi connectivity index (χ3n) is 8.37. The van der Waals surface area contributed by atoms with Crippen LogP contribution in [0.2, 0.25) is 5.02 Å². The molecule has 42 heavy (non-hydrogen) atoms. The number of benzene rings is 2. The second-order valence-corrected chi connectivity index (χ2v) is 12.9. The highest BCUT2D eigenvalue weighted by molar-refractivity contribution is 6.30. The molecule has 0 saturated carbocycles. The largest absolute Gasteiger partial charge is 0.344 e. The van der Waals surface area contributed by atoms with Gasteiger partial charge in [-0.05, 0) is 55.5 Å².